The van der Waals surface area contributed by atoms with Crippen molar-refractivity contribution >= 4 is 22.7 Å². The zero-order chi connectivity index (χ0) is 17.6. The molecule has 2 heterocycles. The molecule has 7 nitrogen and oxygen atoms in total. The minimum absolute atomic E-state index is 0.334. The number of aryl methyl sites for hydroxylation is 1. The van der Waals surface area contributed by atoms with Crippen molar-refractivity contribution in [2.24, 2.45) is 7.05 Å². The van der Waals surface area contributed by atoms with Gasteiger partial charge in [-0.25, -0.2) is 4.79 Å². The van der Waals surface area contributed by atoms with E-state index in [4.69, 9.17) is 13.9 Å². The van der Waals surface area contributed by atoms with Gasteiger partial charge < -0.3 is 19.2 Å². The number of para-hydroxylation sites is 2. The van der Waals surface area contributed by atoms with E-state index in [2.05, 4.69) is 5.32 Å². The van der Waals surface area contributed by atoms with Crippen LogP contribution < -0.4 is 20.5 Å². The molecule has 128 valence electrons. The molecule has 7 heteroatoms. The maximum Gasteiger partial charge on any atom is 0.419 e. The van der Waals surface area contributed by atoms with Gasteiger partial charge in [0.25, 0.3) is 5.91 Å². The number of carbonyl (C=O) groups is 1. The fourth-order valence-electron chi connectivity index (χ4n) is 2.83. The minimum Gasteiger partial charge on any atom is -0.482 e. The molecule has 0 fully saturated rings. The molecule has 0 radical (unpaired) electrons. The quantitative estimate of drug-likeness (QED) is 0.774. The van der Waals surface area contributed by atoms with Gasteiger partial charge in [0.2, 0.25) is 6.10 Å². The van der Waals surface area contributed by atoms with Crippen LogP contribution in [-0.4, -0.2) is 22.7 Å². The summed E-state index contributed by atoms with van der Waals surface area (Å²) in [6.45, 7) is 1.78. The number of ether oxygens (including phenoxy) is 2. The number of benzene rings is 2. The Bertz CT molecular complexity index is 1020. The summed E-state index contributed by atoms with van der Waals surface area (Å²) < 4.78 is 18.1. The standard InChI is InChI=1S/C18H16N2O5/c1-10-16(24-14-6-4-3-5-13(14)23-10)17(21)19-11-7-8-12-15(9-11)25-18(22)20(12)2/h3-10,16H,1-2H3,(H,19,21)/t10-,16+/m1/s1. The summed E-state index contributed by atoms with van der Waals surface area (Å²) >= 11 is 0. The summed E-state index contributed by atoms with van der Waals surface area (Å²) in [6.07, 6.45) is -1.22. The first-order valence-electron chi connectivity index (χ1n) is 7.86. The molecule has 0 spiro atoms. The van der Waals surface area contributed by atoms with Gasteiger partial charge in [0.05, 0.1) is 5.52 Å². The smallest absolute Gasteiger partial charge is 0.419 e. The number of anilines is 1. The van der Waals surface area contributed by atoms with E-state index in [9.17, 15) is 9.59 Å². The number of carbonyl (C=O) groups excluding carboxylic acids is 1. The monoisotopic (exact) mass is 340 g/mol. The highest BCUT2D eigenvalue weighted by Gasteiger charge is 2.34. The van der Waals surface area contributed by atoms with E-state index < -0.39 is 18.0 Å². The third-order valence-electron chi connectivity index (χ3n) is 4.16. The van der Waals surface area contributed by atoms with E-state index >= 15 is 0 Å². The molecule has 1 aromatic heterocycles. The van der Waals surface area contributed by atoms with Crippen molar-refractivity contribution in [1.82, 2.24) is 4.57 Å². The molecule has 0 unspecified atom stereocenters. The lowest BCUT2D eigenvalue weighted by molar-refractivity contribution is -0.128. The van der Waals surface area contributed by atoms with Crippen molar-refractivity contribution in [1.29, 1.82) is 0 Å². The number of aromatic nitrogens is 1. The molecule has 1 N–H and O–H groups in total. The van der Waals surface area contributed by atoms with E-state index in [1.54, 1.807) is 44.3 Å². The van der Waals surface area contributed by atoms with Crippen LogP contribution in [0, 0.1) is 0 Å². The first-order chi connectivity index (χ1) is 12.0. The van der Waals surface area contributed by atoms with Crippen LogP contribution in [0.25, 0.3) is 11.1 Å². The Kier molecular flexibility index (Phi) is 3.49. The first kappa shape index (κ1) is 15.3. The lowest BCUT2D eigenvalue weighted by Gasteiger charge is -2.30. The highest BCUT2D eigenvalue weighted by atomic mass is 16.6. The summed E-state index contributed by atoms with van der Waals surface area (Å²) in [4.78, 5) is 24.1. The van der Waals surface area contributed by atoms with E-state index in [1.165, 1.54) is 4.57 Å². The van der Waals surface area contributed by atoms with Crippen molar-refractivity contribution in [2.45, 2.75) is 19.1 Å². The predicted molar refractivity (Wildman–Crippen MR) is 91.0 cm³/mol. The van der Waals surface area contributed by atoms with Crippen LogP contribution in [0.3, 0.4) is 0 Å². The zero-order valence-corrected chi connectivity index (χ0v) is 13.7. The van der Waals surface area contributed by atoms with Crippen LogP contribution >= 0.6 is 0 Å². The molecule has 0 saturated heterocycles. The Labute approximate surface area is 142 Å². The van der Waals surface area contributed by atoms with Gasteiger partial charge in [0.1, 0.15) is 6.10 Å². The third kappa shape index (κ3) is 2.63. The van der Waals surface area contributed by atoms with Crippen LogP contribution in [0.1, 0.15) is 6.92 Å². The van der Waals surface area contributed by atoms with Crippen molar-refractivity contribution in [3.63, 3.8) is 0 Å². The molecule has 3 aromatic rings. The van der Waals surface area contributed by atoms with Crippen LogP contribution in [0.2, 0.25) is 0 Å². The van der Waals surface area contributed by atoms with E-state index in [0.29, 0.717) is 28.3 Å². The molecule has 0 aliphatic carbocycles. The van der Waals surface area contributed by atoms with Gasteiger partial charge in [-0.3, -0.25) is 9.36 Å². The van der Waals surface area contributed by atoms with Gasteiger partial charge in [-0.1, -0.05) is 12.1 Å². The van der Waals surface area contributed by atoms with Gasteiger partial charge >= 0.3 is 5.76 Å². The zero-order valence-electron chi connectivity index (χ0n) is 13.7. The van der Waals surface area contributed by atoms with Gasteiger partial charge in [-0.05, 0) is 31.2 Å². The molecule has 0 bridgehead atoms. The van der Waals surface area contributed by atoms with Crippen molar-refractivity contribution in [3.8, 4) is 11.5 Å². The normalized spacial score (nSPS) is 19.0. The molecular formula is C18H16N2O5. The maximum absolute atomic E-state index is 12.6. The number of hydrogen-bond acceptors (Lipinski definition) is 5. The molecule has 4 rings (SSSR count). The predicted octanol–water partition coefficient (Wildman–Crippen LogP) is 2.30. The first-order valence-corrected chi connectivity index (χ1v) is 7.86. The molecule has 2 atom stereocenters. The van der Waals surface area contributed by atoms with E-state index in [1.807, 2.05) is 12.1 Å². The van der Waals surface area contributed by atoms with Gasteiger partial charge in [-0.2, -0.15) is 0 Å². The number of nitrogens with zero attached hydrogens (tertiary/aromatic N) is 1. The number of rotatable bonds is 2. The summed E-state index contributed by atoms with van der Waals surface area (Å²) in [7, 11) is 1.62. The second-order valence-corrected chi connectivity index (χ2v) is 5.91. The van der Waals surface area contributed by atoms with Crippen LogP contribution in [0.5, 0.6) is 11.5 Å². The Morgan fingerprint density at radius 1 is 1.12 bits per heavy atom. The van der Waals surface area contributed by atoms with E-state index in [-0.39, 0.29) is 5.91 Å². The molecule has 0 saturated carbocycles. The average molecular weight is 340 g/mol. The summed E-state index contributed by atoms with van der Waals surface area (Å²) in [5, 5.41) is 2.78. The number of oxazole rings is 1. The number of hydrogen-bond donors (Lipinski definition) is 1. The Balaban J connectivity index is 1.57. The molecule has 1 amide bonds. The Morgan fingerprint density at radius 3 is 2.60 bits per heavy atom. The third-order valence-corrected chi connectivity index (χ3v) is 4.16. The minimum atomic E-state index is -0.784. The fourth-order valence-corrected chi connectivity index (χ4v) is 2.83. The van der Waals surface area contributed by atoms with Gasteiger partial charge in [-0.15, -0.1) is 0 Å². The van der Waals surface area contributed by atoms with Crippen LogP contribution in [0.4, 0.5) is 5.69 Å². The van der Waals surface area contributed by atoms with Gasteiger partial charge in [0, 0.05) is 18.8 Å². The number of amides is 1. The molecule has 25 heavy (non-hydrogen) atoms. The molecular weight excluding hydrogens is 324 g/mol. The topological polar surface area (TPSA) is 82.7 Å². The fraction of sp³-hybridized carbons (Fsp3) is 0.222. The number of fused-ring (bicyclic) bond motifs is 2. The van der Waals surface area contributed by atoms with Gasteiger partial charge in [0.15, 0.2) is 17.1 Å². The summed E-state index contributed by atoms with van der Waals surface area (Å²) in [5.41, 5.74) is 1.58. The second-order valence-electron chi connectivity index (χ2n) is 5.91. The lowest BCUT2D eigenvalue weighted by Crippen LogP contribution is -2.46. The Hall–Kier alpha value is -3.22. The lowest BCUT2D eigenvalue weighted by atomic mass is 10.1. The van der Waals surface area contributed by atoms with Crippen molar-refractivity contribution < 1.29 is 18.7 Å². The molecule has 1 aliphatic heterocycles. The molecule has 2 aromatic carbocycles. The average Bonchev–Trinajstić information content (AvgIpc) is 2.88. The summed E-state index contributed by atoms with van der Waals surface area (Å²) in [6, 6.07) is 12.2. The summed E-state index contributed by atoms with van der Waals surface area (Å²) in [5.74, 6) is 0.365. The molecule has 1 aliphatic rings. The highest BCUT2D eigenvalue weighted by Crippen LogP contribution is 2.33. The van der Waals surface area contributed by atoms with Crippen LogP contribution in [-0.2, 0) is 11.8 Å². The van der Waals surface area contributed by atoms with Crippen LogP contribution in [0.15, 0.2) is 51.7 Å². The van der Waals surface area contributed by atoms with E-state index in [0.717, 1.165) is 0 Å². The largest absolute Gasteiger partial charge is 0.482 e. The second kappa shape index (κ2) is 5.70. The number of nitrogens with one attached hydrogen (secondary N) is 1. The maximum atomic E-state index is 12.6. The highest BCUT2D eigenvalue weighted by molar-refractivity contribution is 5.96. The van der Waals surface area contributed by atoms with Crippen molar-refractivity contribution in [3.05, 3.63) is 53.0 Å². The van der Waals surface area contributed by atoms with Crippen molar-refractivity contribution in [2.75, 3.05) is 5.32 Å². The Morgan fingerprint density at radius 2 is 1.84 bits per heavy atom. The SMILES string of the molecule is C[C@H]1Oc2ccccc2O[C@@H]1C(=O)Nc1ccc2c(c1)oc(=O)n2C.